The zero-order chi connectivity index (χ0) is 12.5. The largest absolute Gasteiger partial charge is 0.384 e. The van der Waals surface area contributed by atoms with Crippen molar-refractivity contribution in [1.82, 2.24) is 15.0 Å². The van der Waals surface area contributed by atoms with Crippen molar-refractivity contribution in [3.8, 4) is 0 Å². The van der Waals surface area contributed by atoms with Crippen LogP contribution >= 0.6 is 0 Å². The second kappa shape index (κ2) is 4.25. The van der Waals surface area contributed by atoms with E-state index in [-0.39, 0.29) is 5.78 Å². The highest BCUT2D eigenvalue weighted by atomic mass is 16.1. The van der Waals surface area contributed by atoms with Crippen molar-refractivity contribution in [2.75, 3.05) is 11.9 Å². The van der Waals surface area contributed by atoms with Gasteiger partial charge in [-0.25, -0.2) is 0 Å². The van der Waals surface area contributed by atoms with Crippen LogP contribution in [0.15, 0.2) is 24.4 Å². The van der Waals surface area contributed by atoms with E-state index in [1.54, 1.807) is 17.9 Å². The van der Waals surface area contributed by atoms with Gasteiger partial charge in [-0.1, -0.05) is 5.21 Å². The lowest BCUT2D eigenvalue weighted by Crippen LogP contribution is -2.04. The minimum absolute atomic E-state index is 0.0881. The van der Waals surface area contributed by atoms with Crippen LogP contribution in [0.4, 0.5) is 5.69 Å². The molecule has 0 saturated carbocycles. The van der Waals surface area contributed by atoms with Crippen molar-refractivity contribution in [3.05, 3.63) is 41.2 Å². The molecule has 0 atom stereocenters. The predicted octanol–water partition coefficient (Wildman–Crippen LogP) is 1.21. The van der Waals surface area contributed by atoms with Crippen LogP contribution < -0.4 is 5.32 Å². The van der Waals surface area contributed by atoms with E-state index < -0.39 is 0 Å². The molecule has 92 valence electrons. The van der Waals surface area contributed by atoms with E-state index in [1.165, 1.54) is 5.56 Å². The van der Waals surface area contributed by atoms with Crippen molar-refractivity contribution in [2.45, 2.75) is 12.8 Å². The number of fused-ring (bicyclic) bond motifs is 1. The van der Waals surface area contributed by atoms with E-state index in [9.17, 15) is 4.79 Å². The molecule has 1 aromatic carbocycles. The van der Waals surface area contributed by atoms with Gasteiger partial charge in [0.05, 0.1) is 12.1 Å². The first-order valence-corrected chi connectivity index (χ1v) is 5.97. The van der Waals surface area contributed by atoms with Crippen molar-refractivity contribution in [2.24, 2.45) is 7.05 Å². The Kier molecular flexibility index (Phi) is 2.59. The molecule has 5 nitrogen and oxygen atoms in total. The first-order valence-electron chi connectivity index (χ1n) is 5.97. The molecule has 18 heavy (non-hydrogen) atoms. The van der Waals surface area contributed by atoms with Gasteiger partial charge >= 0.3 is 0 Å². The topological polar surface area (TPSA) is 59.8 Å². The van der Waals surface area contributed by atoms with Gasteiger partial charge in [0.2, 0.25) is 0 Å². The summed E-state index contributed by atoms with van der Waals surface area (Å²) in [6.07, 6.45) is 3.06. The van der Waals surface area contributed by atoms with Crippen LogP contribution in [0.1, 0.15) is 21.6 Å². The van der Waals surface area contributed by atoms with E-state index in [0.29, 0.717) is 12.1 Å². The average molecular weight is 242 g/mol. The number of rotatable bonds is 3. The molecule has 1 aliphatic rings. The van der Waals surface area contributed by atoms with Gasteiger partial charge in [-0.05, 0) is 30.2 Å². The molecule has 0 bridgehead atoms. The fourth-order valence-corrected chi connectivity index (χ4v) is 2.22. The minimum Gasteiger partial charge on any atom is -0.384 e. The van der Waals surface area contributed by atoms with Gasteiger partial charge in [0.25, 0.3) is 0 Å². The smallest absolute Gasteiger partial charge is 0.168 e. The average Bonchev–Trinajstić information content (AvgIpc) is 2.96. The molecule has 0 saturated heterocycles. The molecule has 0 aliphatic carbocycles. The number of ketones is 1. The maximum absolute atomic E-state index is 12.1. The molecular formula is C13H14N4O. The number of aryl methyl sites for hydroxylation is 1. The Hall–Kier alpha value is -2.17. The fraction of sp³-hybridized carbons (Fsp3) is 0.308. The molecule has 0 spiro atoms. The summed E-state index contributed by atoms with van der Waals surface area (Å²) in [6.45, 7) is 0.955. The van der Waals surface area contributed by atoms with E-state index in [2.05, 4.69) is 15.6 Å². The third-order valence-electron chi connectivity index (χ3n) is 3.13. The first-order chi connectivity index (χ1) is 8.72. The molecule has 1 aromatic heterocycles. The summed E-state index contributed by atoms with van der Waals surface area (Å²) in [4.78, 5) is 12.1. The van der Waals surface area contributed by atoms with Crippen LogP contribution in [-0.4, -0.2) is 27.3 Å². The molecule has 3 rings (SSSR count). The zero-order valence-electron chi connectivity index (χ0n) is 10.2. The predicted molar refractivity (Wildman–Crippen MR) is 67.7 cm³/mol. The second-order valence-corrected chi connectivity index (χ2v) is 4.53. The number of carbonyl (C=O) groups is 1. The van der Waals surface area contributed by atoms with Crippen molar-refractivity contribution < 1.29 is 4.79 Å². The van der Waals surface area contributed by atoms with Crippen LogP contribution in [0.3, 0.4) is 0 Å². The molecular weight excluding hydrogens is 228 g/mol. The summed E-state index contributed by atoms with van der Waals surface area (Å²) in [7, 11) is 1.79. The Morgan fingerprint density at radius 2 is 2.39 bits per heavy atom. The van der Waals surface area contributed by atoms with E-state index in [0.717, 1.165) is 24.2 Å². The van der Waals surface area contributed by atoms with Gasteiger partial charge in [0.15, 0.2) is 5.78 Å². The molecule has 5 heteroatoms. The number of nitrogens with one attached hydrogen (secondary N) is 1. The monoisotopic (exact) mass is 242 g/mol. The van der Waals surface area contributed by atoms with E-state index >= 15 is 0 Å². The number of benzene rings is 1. The van der Waals surface area contributed by atoms with Crippen LogP contribution in [0.25, 0.3) is 0 Å². The Morgan fingerprint density at radius 3 is 3.17 bits per heavy atom. The first kappa shape index (κ1) is 11.0. The summed E-state index contributed by atoms with van der Waals surface area (Å²) in [5, 5.41) is 11.0. The Bertz CT molecular complexity index is 603. The Balaban J connectivity index is 1.80. The van der Waals surface area contributed by atoms with Gasteiger partial charge in [-0.15, -0.1) is 5.10 Å². The van der Waals surface area contributed by atoms with Gasteiger partial charge in [-0.3, -0.25) is 9.48 Å². The number of Topliss-reactive ketones (excluding diaryl/α,β-unsaturated/α-hetero) is 1. The van der Waals surface area contributed by atoms with E-state index in [1.807, 2.05) is 18.2 Å². The molecule has 2 aromatic rings. The summed E-state index contributed by atoms with van der Waals surface area (Å²) < 4.78 is 1.61. The summed E-state index contributed by atoms with van der Waals surface area (Å²) in [6, 6.07) is 5.83. The highest BCUT2D eigenvalue weighted by molar-refractivity contribution is 5.98. The zero-order valence-corrected chi connectivity index (χ0v) is 10.2. The molecule has 1 N–H and O–H groups in total. The third kappa shape index (κ3) is 1.99. The molecule has 0 unspecified atom stereocenters. The Morgan fingerprint density at radius 1 is 1.50 bits per heavy atom. The van der Waals surface area contributed by atoms with Crippen molar-refractivity contribution in [1.29, 1.82) is 0 Å². The maximum Gasteiger partial charge on any atom is 0.168 e. The Labute approximate surface area is 105 Å². The second-order valence-electron chi connectivity index (χ2n) is 4.53. The molecule has 0 amide bonds. The van der Waals surface area contributed by atoms with Gasteiger partial charge < -0.3 is 5.32 Å². The van der Waals surface area contributed by atoms with Gasteiger partial charge in [-0.2, -0.15) is 0 Å². The number of carbonyl (C=O) groups excluding carboxylic acids is 1. The lowest BCUT2D eigenvalue weighted by atomic mass is 10.0. The lowest BCUT2D eigenvalue weighted by molar-refractivity contribution is 0.0992. The van der Waals surface area contributed by atoms with E-state index in [4.69, 9.17) is 0 Å². The highest BCUT2D eigenvalue weighted by Gasteiger charge is 2.14. The number of hydrogen-bond donors (Lipinski definition) is 1. The summed E-state index contributed by atoms with van der Waals surface area (Å²) >= 11 is 0. The van der Waals surface area contributed by atoms with Crippen LogP contribution in [0, 0.1) is 0 Å². The number of hydrogen-bond acceptors (Lipinski definition) is 4. The number of aromatic nitrogens is 3. The number of anilines is 1. The van der Waals surface area contributed by atoms with Gasteiger partial charge in [0, 0.05) is 31.0 Å². The standard InChI is InChI=1S/C13H14N4O/c1-17-8-11(15-16-17)7-13(18)10-2-3-12-9(6-10)4-5-14-12/h2-3,6,8,14H,4-5,7H2,1H3. The molecule has 0 fully saturated rings. The van der Waals surface area contributed by atoms with Crippen LogP contribution in [-0.2, 0) is 19.9 Å². The normalized spacial score (nSPS) is 13.2. The number of nitrogens with zero attached hydrogens (tertiary/aromatic N) is 3. The highest BCUT2D eigenvalue weighted by Crippen LogP contribution is 2.23. The quantitative estimate of drug-likeness (QED) is 0.822. The SMILES string of the molecule is Cn1cc(CC(=O)c2ccc3c(c2)CCN3)nn1. The van der Waals surface area contributed by atoms with Crippen LogP contribution in [0.5, 0.6) is 0 Å². The maximum atomic E-state index is 12.1. The summed E-state index contributed by atoms with van der Waals surface area (Å²) in [5.41, 5.74) is 3.83. The minimum atomic E-state index is 0.0881. The fourth-order valence-electron chi connectivity index (χ4n) is 2.22. The summed E-state index contributed by atoms with van der Waals surface area (Å²) in [5.74, 6) is 0.0881. The van der Waals surface area contributed by atoms with Crippen LogP contribution in [0.2, 0.25) is 0 Å². The third-order valence-corrected chi connectivity index (χ3v) is 3.13. The molecule has 2 heterocycles. The van der Waals surface area contributed by atoms with Crippen molar-refractivity contribution in [3.63, 3.8) is 0 Å². The molecule has 0 radical (unpaired) electrons. The van der Waals surface area contributed by atoms with Crippen molar-refractivity contribution >= 4 is 11.5 Å². The molecule has 1 aliphatic heterocycles. The van der Waals surface area contributed by atoms with Gasteiger partial charge in [0.1, 0.15) is 0 Å². The lowest BCUT2D eigenvalue weighted by Gasteiger charge is -2.03.